The lowest BCUT2D eigenvalue weighted by Crippen LogP contribution is -2.45. The minimum absolute atomic E-state index is 0.0210. The van der Waals surface area contributed by atoms with Gasteiger partial charge < -0.3 is 24.2 Å². The zero-order valence-electron chi connectivity index (χ0n) is 34.3. The smallest absolute Gasteiger partial charge is 0.261 e. The topological polar surface area (TPSA) is 129 Å². The Bertz CT molecular complexity index is 1830. The van der Waals surface area contributed by atoms with E-state index in [1.807, 2.05) is 69.4 Å². The van der Waals surface area contributed by atoms with Crippen molar-refractivity contribution >= 4 is 45.2 Å². The highest BCUT2D eigenvalue weighted by molar-refractivity contribution is 6.26. The molecule has 1 N–H and O–H groups in total. The molecule has 0 fully saturated rings. The van der Waals surface area contributed by atoms with Gasteiger partial charge in [-0.3, -0.25) is 33.9 Å². The van der Waals surface area contributed by atoms with Gasteiger partial charge in [0.05, 0.1) is 46.2 Å². The maximum atomic E-state index is 13.5. The summed E-state index contributed by atoms with van der Waals surface area (Å²) in [6.07, 6.45) is 2.03. The first-order chi connectivity index (χ1) is 27.8. The molecule has 0 saturated carbocycles. The second kappa shape index (κ2) is 23.6. The Balaban J connectivity index is 0.00000137. The molecule has 12 nitrogen and oxygen atoms in total. The number of benzene rings is 4. The summed E-state index contributed by atoms with van der Waals surface area (Å²) in [5, 5.41) is 12.0. The molecule has 57 heavy (non-hydrogen) atoms. The molecule has 2 aliphatic heterocycles. The molecule has 0 aliphatic carbocycles. The standard InChI is InChI=1S/C40H46N4O8.C3H8.C2H6/c1-41(17-19-43-37(46)31-11-2-7-29-8-3-12-32(35(29)31)38(43)47)15-6-16-42(21-23-50-25-27-52-28-26-51-24-22-45)18-20-44-39(48)33-13-4-9-30-10-5-14-34(36(30)33)40(44)49;1-3-2;1-2/h2-5,7-14,45H,6,15-28H2,1H3;3H2,1-2H3;1-2H3. The Labute approximate surface area is 337 Å². The van der Waals surface area contributed by atoms with E-state index in [1.165, 1.54) is 16.2 Å². The maximum absolute atomic E-state index is 13.5. The van der Waals surface area contributed by atoms with Gasteiger partial charge >= 0.3 is 0 Å². The summed E-state index contributed by atoms with van der Waals surface area (Å²) >= 11 is 0. The second-order valence-corrected chi connectivity index (χ2v) is 13.7. The van der Waals surface area contributed by atoms with E-state index in [2.05, 4.69) is 23.6 Å². The fourth-order valence-electron chi connectivity index (χ4n) is 6.89. The van der Waals surface area contributed by atoms with Gasteiger partial charge in [-0.2, -0.15) is 0 Å². The lowest BCUT2D eigenvalue weighted by molar-refractivity contribution is 0.00425. The van der Waals surface area contributed by atoms with Crippen LogP contribution in [0.5, 0.6) is 0 Å². The molecular weight excluding hydrogens is 725 g/mol. The highest BCUT2D eigenvalue weighted by Gasteiger charge is 2.34. The van der Waals surface area contributed by atoms with Crippen LogP contribution in [0, 0.1) is 0 Å². The molecular formula is C45H60N4O8. The molecule has 4 aromatic carbocycles. The third-order valence-corrected chi connectivity index (χ3v) is 9.60. The third-order valence-electron chi connectivity index (χ3n) is 9.60. The molecule has 2 aliphatic rings. The van der Waals surface area contributed by atoms with Crippen LogP contribution in [-0.4, -0.2) is 147 Å². The number of aliphatic hydroxyl groups is 1. The first-order valence-electron chi connectivity index (χ1n) is 20.3. The number of ether oxygens (including phenoxy) is 3. The fourth-order valence-corrected chi connectivity index (χ4v) is 6.89. The van der Waals surface area contributed by atoms with Crippen LogP contribution in [-0.2, 0) is 14.2 Å². The molecule has 0 aromatic heterocycles. The van der Waals surface area contributed by atoms with Crippen LogP contribution in [0.25, 0.3) is 21.5 Å². The zero-order chi connectivity index (χ0) is 41.2. The third kappa shape index (κ3) is 11.8. The lowest BCUT2D eigenvalue weighted by atomic mass is 9.94. The van der Waals surface area contributed by atoms with E-state index in [-0.39, 0.29) is 49.9 Å². The minimum atomic E-state index is -0.286. The number of nitrogens with zero attached hydrogens (tertiary/aromatic N) is 4. The van der Waals surface area contributed by atoms with Crippen LogP contribution in [0.4, 0.5) is 0 Å². The average molecular weight is 785 g/mol. The quantitative estimate of drug-likeness (QED) is 0.0795. The molecule has 4 aromatic rings. The Morgan fingerprint density at radius 1 is 0.526 bits per heavy atom. The van der Waals surface area contributed by atoms with Gasteiger partial charge in [-0.15, -0.1) is 0 Å². The van der Waals surface area contributed by atoms with Gasteiger partial charge in [-0.05, 0) is 61.6 Å². The van der Waals surface area contributed by atoms with E-state index >= 15 is 0 Å². The van der Waals surface area contributed by atoms with Crippen molar-refractivity contribution in [3.8, 4) is 0 Å². The maximum Gasteiger partial charge on any atom is 0.261 e. The number of hydrogen-bond acceptors (Lipinski definition) is 10. The summed E-state index contributed by atoms with van der Waals surface area (Å²) in [7, 11) is 1.97. The molecule has 0 unspecified atom stereocenters. The fraction of sp³-hybridized carbons (Fsp3) is 0.467. The van der Waals surface area contributed by atoms with Crippen LogP contribution in [0.1, 0.15) is 82.0 Å². The van der Waals surface area contributed by atoms with Crippen molar-refractivity contribution in [3.05, 3.63) is 95.1 Å². The Morgan fingerprint density at radius 2 is 0.912 bits per heavy atom. The Morgan fingerprint density at radius 3 is 1.33 bits per heavy atom. The normalized spacial score (nSPS) is 13.4. The largest absolute Gasteiger partial charge is 0.394 e. The van der Waals surface area contributed by atoms with E-state index in [4.69, 9.17) is 19.3 Å². The van der Waals surface area contributed by atoms with Gasteiger partial charge in [0.2, 0.25) is 0 Å². The summed E-state index contributed by atoms with van der Waals surface area (Å²) in [5.74, 6) is -1.11. The van der Waals surface area contributed by atoms with Crippen LogP contribution in [0.2, 0.25) is 0 Å². The molecule has 0 saturated heterocycles. The van der Waals surface area contributed by atoms with E-state index in [0.29, 0.717) is 93.4 Å². The van der Waals surface area contributed by atoms with Crippen molar-refractivity contribution in [1.29, 1.82) is 0 Å². The van der Waals surface area contributed by atoms with Gasteiger partial charge in [0.15, 0.2) is 0 Å². The minimum Gasteiger partial charge on any atom is -0.394 e. The molecule has 6 rings (SSSR count). The number of aliphatic hydroxyl groups excluding tert-OH is 1. The van der Waals surface area contributed by atoms with Crippen LogP contribution < -0.4 is 0 Å². The summed E-state index contributed by atoms with van der Waals surface area (Å²) in [5.41, 5.74) is 2.18. The van der Waals surface area contributed by atoms with Gasteiger partial charge in [0.25, 0.3) is 23.6 Å². The van der Waals surface area contributed by atoms with Crippen molar-refractivity contribution in [2.75, 3.05) is 99.1 Å². The highest BCUT2D eigenvalue weighted by atomic mass is 16.5. The van der Waals surface area contributed by atoms with Crippen LogP contribution in [0.15, 0.2) is 72.8 Å². The van der Waals surface area contributed by atoms with Gasteiger partial charge in [0, 0.05) is 65.8 Å². The number of carbonyl (C=O) groups excluding carboxylic acids is 4. The molecule has 0 bridgehead atoms. The van der Waals surface area contributed by atoms with Crippen molar-refractivity contribution in [3.63, 3.8) is 0 Å². The van der Waals surface area contributed by atoms with Gasteiger partial charge in [0.1, 0.15) is 0 Å². The zero-order valence-corrected chi connectivity index (χ0v) is 34.3. The Kier molecular flexibility index (Phi) is 18.7. The van der Waals surface area contributed by atoms with Crippen molar-refractivity contribution in [1.82, 2.24) is 19.6 Å². The van der Waals surface area contributed by atoms with Gasteiger partial charge in [-0.25, -0.2) is 0 Å². The molecule has 4 amide bonds. The van der Waals surface area contributed by atoms with Crippen molar-refractivity contribution in [2.24, 2.45) is 0 Å². The summed E-state index contributed by atoms with van der Waals surface area (Å²) in [6.45, 7) is 14.1. The summed E-state index contributed by atoms with van der Waals surface area (Å²) < 4.78 is 16.5. The predicted octanol–water partition coefficient (Wildman–Crippen LogP) is 5.99. The number of carbonyl (C=O) groups is 4. The lowest BCUT2D eigenvalue weighted by Gasteiger charge is -2.31. The van der Waals surface area contributed by atoms with E-state index in [9.17, 15) is 19.2 Å². The number of hydrogen-bond donors (Lipinski definition) is 1. The number of rotatable bonds is 21. The average Bonchev–Trinajstić information content (AvgIpc) is 3.23. The summed E-state index contributed by atoms with van der Waals surface area (Å²) in [6, 6.07) is 22.1. The number of imide groups is 2. The van der Waals surface area contributed by atoms with Crippen LogP contribution in [0.3, 0.4) is 0 Å². The molecule has 2 heterocycles. The van der Waals surface area contributed by atoms with Gasteiger partial charge in [-0.1, -0.05) is 82.6 Å². The number of likely N-dealkylation sites (N-methyl/N-ethyl adjacent to an activating group) is 1. The molecule has 0 atom stereocenters. The highest BCUT2D eigenvalue weighted by Crippen LogP contribution is 2.31. The van der Waals surface area contributed by atoms with E-state index in [0.717, 1.165) is 22.6 Å². The van der Waals surface area contributed by atoms with E-state index < -0.39 is 0 Å². The summed E-state index contributed by atoms with van der Waals surface area (Å²) in [4.78, 5) is 60.7. The van der Waals surface area contributed by atoms with Crippen molar-refractivity contribution in [2.45, 2.75) is 40.5 Å². The first-order valence-corrected chi connectivity index (χ1v) is 20.3. The molecule has 0 radical (unpaired) electrons. The SMILES string of the molecule is CC.CCC.CN(CCCN(CCOCCOCCOCCO)CCN1C(=O)c2cccc3cccc(c23)C1=O)CCN1C(=O)c2cccc3cccc(c23)C1=O. The predicted molar refractivity (Wildman–Crippen MR) is 224 cm³/mol. The second-order valence-electron chi connectivity index (χ2n) is 13.7. The van der Waals surface area contributed by atoms with Crippen molar-refractivity contribution < 1.29 is 38.5 Å². The monoisotopic (exact) mass is 784 g/mol. The number of amides is 4. The van der Waals surface area contributed by atoms with Crippen LogP contribution >= 0.6 is 0 Å². The van der Waals surface area contributed by atoms with E-state index in [1.54, 1.807) is 24.3 Å². The molecule has 12 heteroatoms. The molecule has 0 spiro atoms. The molecule has 308 valence electrons. The first kappa shape index (κ1) is 45.1. The Hall–Kier alpha value is -4.56.